The van der Waals surface area contributed by atoms with Gasteiger partial charge in [-0.2, -0.15) is 0 Å². The molecular weight excluding hydrogens is 500 g/mol. The molecule has 0 aliphatic carbocycles. The first-order valence-corrected chi connectivity index (χ1v) is 13.1. The number of nitrogens with zero attached hydrogens (tertiary/aromatic N) is 4. The zero-order chi connectivity index (χ0) is 27.7. The molecule has 4 aromatic carbocycles. The zero-order valence-corrected chi connectivity index (χ0v) is 22.5. The van der Waals surface area contributed by atoms with Crippen LogP contribution in [0.1, 0.15) is 11.1 Å². The molecule has 4 bridgehead atoms. The van der Waals surface area contributed by atoms with Crippen molar-refractivity contribution in [3.8, 4) is 0 Å². The molecule has 40 heavy (non-hydrogen) atoms. The molecule has 7 aromatic rings. The van der Waals surface area contributed by atoms with Gasteiger partial charge in [0.2, 0.25) is 0 Å². The second-order valence-electron chi connectivity index (χ2n) is 10.2. The number of rotatable bonds is 0. The van der Waals surface area contributed by atoms with E-state index in [0.29, 0.717) is 44.1 Å². The molecule has 3 heterocycles. The third-order valence-corrected chi connectivity index (χ3v) is 7.82. The van der Waals surface area contributed by atoms with Gasteiger partial charge < -0.3 is 19.1 Å². The van der Waals surface area contributed by atoms with Crippen LogP contribution in [0.4, 0.5) is 0 Å². The summed E-state index contributed by atoms with van der Waals surface area (Å²) in [7, 11) is 3.84. The number of imidazole rings is 2. The van der Waals surface area contributed by atoms with Crippen LogP contribution in [0.5, 0.6) is 0 Å². The first-order chi connectivity index (χ1) is 19.3. The smallest absolute Gasteiger partial charge is 0.257 e. The van der Waals surface area contributed by atoms with Crippen molar-refractivity contribution in [1.29, 1.82) is 0 Å². The summed E-state index contributed by atoms with van der Waals surface area (Å²) >= 11 is 0. The topological polar surface area (TPSA) is 101 Å². The largest absolute Gasteiger partial charge is 0.327 e. The van der Waals surface area contributed by atoms with Gasteiger partial charge in [-0.25, -0.2) is 9.97 Å². The van der Waals surface area contributed by atoms with Crippen LogP contribution in [-0.4, -0.2) is 29.1 Å². The summed E-state index contributed by atoms with van der Waals surface area (Å²) < 4.78 is 3.92. The number of hydrogen-bond acceptors (Lipinski definition) is 4. The Hall–Kier alpha value is -5.24. The fourth-order valence-corrected chi connectivity index (χ4v) is 5.68. The maximum atomic E-state index is 13.9. The van der Waals surface area contributed by atoms with E-state index in [0.717, 1.165) is 32.9 Å². The molecule has 0 fully saturated rings. The first-order valence-electron chi connectivity index (χ1n) is 13.1. The van der Waals surface area contributed by atoms with E-state index in [-0.39, 0.29) is 11.1 Å². The SMILES string of the molecule is Cc1cccc2c1[nH]c(=O)c1cccc3c1nc(c1cccc(C)c1[nH]c(=O)c1cccc4c1nc2n4C)n3C. The Morgan fingerprint density at radius 3 is 1.35 bits per heavy atom. The third-order valence-electron chi connectivity index (χ3n) is 7.82. The lowest BCUT2D eigenvalue weighted by molar-refractivity contribution is 1.01. The zero-order valence-electron chi connectivity index (χ0n) is 22.5. The van der Waals surface area contributed by atoms with Crippen LogP contribution in [0.2, 0.25) is 0 Å². The van der Waals surface area contributed by atoms with Crippen molar-refractivity contribution < 1.29 is 0 Å². The van der Waals surface area contributed by atoms with Crippen LogP contribution in [-0.2, 0) is 14.1 Å². The molecule has 7 rings (SSSR count). The van der Waals surface area contributed by atoms with Crippen molar-refractivity contribution in [2.75, 3.05) is 0 Å². The van der Waals surface area contributed by atoms with Gasteiger partial charge in [0.25, 0.3) is 11.1 Å². The van der Waals surface area contributed by atoms with E-state index in [1.807, 2.05) is 97.7 Å². The average Bonchev–Trinajstić information content (AvgIpc) is 3.47. The van der Waals surface area contributed by atoms with Gasteiger partial charge >= 0.3 is 0 Å². The van der Waals surface area contributed by atoms with Gasteiger partial charge in [-0.15, -0.1) is 0 Å². The fourth-order valence-electron chi connectivity index (χ4n) is 5.68. The quantitative estimate of drug-likeness (QED) is 0.263. The van der Waals surface area contributed by atoms with Gasteiger partial charge in [0.05, 0.1) is 32.8 Å². The van der Waals surface area contributed by atoms with E-state index in [9.17, 15) is 9.59 Å². The maximum absolute atomic E-state index is 13.9. The predicted octanol–water partition coefficient (Wildman–Crippen LogP) is 5.75. The highest BCUT2D eigenvalue weighted by Crippen LogP contribution is 2.26. The summed E-state index contributed by atoms with van der Waals surface area (Å²) in [6, 6.07) is 22.9. The van der Waals surface area contributed by atoms with Crippen molar-refractivity contribution in [3.63, 3.8) is 0 Å². The molecule has 2 N–H and O–H groups in total. The molecular formula is C32H26N6O2. The highest BCUT2D eigenvalue weighted by molar-refractivity contribution is 6.03. The van der Waals surface area contributed by atoms with Crippen LogP contribution in [0.15, 0.2) is 82.4 Å². The average molecular weight is 527 g/mol. The van der Waals surface area contributed by atoms with E-state index < -0.39 is 0 Å². The predicted molar refractivity (Wildman–Crippen MR) is 162 cm³/mol. The lowest BCUT2D eigenvalue weighted by Crippen LogP contribution is -2.04. The number of aryl methyl sites for hydroxylation is 4. The molecule has 3 aromatic heterocycles. The first kappa shape index (κ1) is 23.8. The lowest BCUT2D eigenvalue weighted by atomic mass is 10.1. The number of para-hydroxylation sites is 4. The molecule has 196 valence electrons. The van der Waals surface area contributed by atoms with Gasteiger partial charge in [-0.1, -0.05) is 36.4 Å². The van der Waals surface area contributed by atoms with E-state index in [1.165, 1.54) is 0 Å². The minimum Gasteiger partial charge on any atom is -0.327 e. The summed E-state index contributed by atoms with van der Waals surface area (Å²) in [5.74, 6) is 0. The Kier molecular flexibility index (Phi) is 5.15. The summed E-state index contributed by atoms with van der Waals surface area (Å²) in [5.41, 5.74) is 6.72. The molecule has 0 saturated carbocycles. The third kappa shape index (κ3) is 3.39. The number of fused-ring (bicyclic) bond motifs is 6. The Balaban J connectivity index is 1.87. The van der Waals surface area contributed by atoms with Gasteiger partial charge in [0, 0.05) is 24.9 Å². The molecule has 0 radical (unpaired) electrons. The number of aromatic amines is 2. The summed E-state index contributed by atoms with van der Waals surface area (Å²) in [5, 5.41) is 2.46. The number of H-pyrrole nitrogens is 2. The standard InChI is InChI=1S/C32H26N6O2/c1-17-9-5-11-19-25(17)35-31(39)21-13-7-16-24-27(21)34-30(38(24)4)20-12-6-10-18(2)26(20)36-32(40)22-14-8-15-23-28(22)33-29(19)37(23)3/h5-16H,1-4H3,(H,35,39)(H,36,40). The molecule has 0 spiro atoms. The molecule has 0 aliphatic rings. The van der Waals surface area contributed by atoms with E-state index in [1.54, 1.807) is 12.1 Å². The molecule has 8 nitrogen and oxygen atoms in total. The molecule has 0 unspecified atom stereocenters. The maximum Gasteiger partial charge on any atom is 0.257 e. The van der Waals surface area contributed by atoms with E-state index in [2.05, 4.69) is 9.97 Å². The van der Waals surface area contributed by atoms with Crippen LogP contribution >= 0.6 is 0 Å². The number of benzene rings is 4. The second kappa shape index (κ2) is 8.64. The highest BCUT2D eigenvalue weighted by atomic mass is 16.1. The fraction of sp³-hybridized carbons (Fsp3) is 0.125. The molecule has 0 aliphatic heterocycles. The Labute approximate surface area is 227 Å². The molecule has 0 saturated heterocycles. The normalized spacial score (nSPS) is 11.7. The second-order valence-corrected chi connectivity index (χ2v) is 10.2. The van der Waals surface area contributed by atoms with Crippen LogP contribution in [0, 0.1) is 13.8 Å². The lowest BCUT2D eigenvalue weighted by Gasteiger charge is -2.02. The minimum absolute atomic E-state index is 0.255. The minimum atomic E-state index is -0.255. The van der Waals surface area contributed by atoms with Crippen molar-refractivity contribution in [2.45, 2.75) is 13.8 Å². The van der Waals surface area contributed by atoms with Crippen LogP contribution < -0.4 is 11.1 Å². The van der Waals surface area contributed by atoms with Crippen molar-refractivity contribution in [1.82, 2.24) is 29.1 Å². The van der Waals surface area contributed by atoms with Gasteiger partial charge in [-0.05, 0) is 61.4 Å². The molecule has 0 amide bonds. The van der Waals surface area contributed by atoms with Crippen LogP contribution in [0.25, 0.3) is 65.9 Å². The van der Waals surface area contributed by atoms with Gasteiger partial charge in [0.15, 0.2) is 0 Å². The summed E-state index contributed by atoms with van der Waals surface area (Å²) in [6.45, 7) is 3.91. The van der Waals surface area contributed by atoms with Gasteiger partial charge in [0.1, 0.15) is 22.3 Å². The van der Waals surface area contributed by atoms with Crippen molar-refractivity contribution >= 4 is 65.9 Å². The highest BCUT2D eigenvalue weighted by Gasteiger charge is 2.13. The van der Waals surface area contributed by atoms with Crippen molar-refractivity contribution in [2.24, 2.45) is 14.1 Å². The monoisotopic (exact) mass is 526 g/mol. The van der Waals surface area contributed by atoms with E-state index in [4.69, 9.17) is 9.97 Å². The Morgan fingerprint density at radius 1 is 0.550 bits per heavy atom. The Morgan fingerprint density at radius 2 is 0.925 bits per heavy atom. The van der Waals surface area contributed by atoms with Crippen molar-refractivity contribution in [3.05, 3.63) is 105 Å². The number of aromatic nitrogens is 6. The number of nitrogens with one attached hydrogen (secondary N) is 2. The molecule has 0 atom stereocenters. The van der Waals surface area contributed by atoms with Gasteiger partial charge in [-0.3, -0.25) is 9.59 Å². The number of hydrogen-bond donors (Lipinski definition) is 2. The van der Waals surface area contributed by atoms with E-state index >= 15 is 0 Å². The summed E-state index contributed by atoms with van der Waals surface area (Å²) in [4.78, 5) is 44.0. The molecule has 8 heteroatoms. The Bertz CT molecular complexity index is 2250. The van der Waals surface area contributed by atoms with Crippen LogP contribution in [0.3, 0.4) is 0 Å². The summed E-state index contributed by atoms with van der Waals surface area (Å²) in [6.07, 6.45) is 0.